The Balaban J connectivity index is 2.27. The van der Waals surface area contributed by atoms with E-state index in [9.17, 15) is 21.2 Å². The highest BCUT2D eigenvalue weighted by Crippen LogP contribution is 2.40. The van der Waals surface area contributed by atoms with Crippen molar-refractivity contribution in [1.29, 1.82) is 0 Å². The zero-order valence-electron chi connectivity index (χ0n) is 15.6. The van der Waals surface area contributed by atoms with E-state index in [-0.39, 0.29) is 16.8 Å². The topological polar surface area (TPSA) is 140 Å². The van der Waals surface area contributed by atoms with Gasteiger partial charge in [-0.2, -0.15) is 16.8 Å². The third kappa shape index (κ3) is 5.21. The molecule has 0 spiro atoms. The van der Waals surface area contributed by atoms with Crippen molar-refractivity contribution in [2.24, 2.45) is 0 Å². The van der Waals surface area contributed by atoms with E-state index in [1.807, 2.05) is 0 Å². The van der Waals surface area contributed by atoms with Crippen LogP contribution >= 0.6 is 0 Å². The molecule has 3 rings (SSSR count). The first-order valence-electron chi connectivity index (χ1n) is 8.41. The molecule has 0 aliphatic heterocycles. The monoisotopic (exact) mass is 457 g/mol. The van der Waals surface area contributed by atoms with E-state index in [2.05, 4.69) is 13.4 Å². The normalized spacial score (nSPS) is 12.3. The zero-order valence-corrected chi connectivity index (χ0v) is 17.2. The summed E-state index contributed by atoms with van der Waals surface area (Å²) in [5, 5.41) is 0.501. The molecule has 1 heterocycles. The number of nitrogens with zero attached hydrogens (tertiary/aromatic N) is 1. The lowest BCUT2D eigenvalue weighted by Gasteiger charge is -2.17. The van der Waals surface area contributed by atoms with Gasteiger partial charge in [-0.3, -0.25) is 9.11 Å². The van der Waals surface area contributed by atoms with Crippen LogP contribution in [0.4, 0.5) is 4.39 Å². The lowest BCUT2D eigenvalue weighted by atomic mass is 9.97. The lowest BCUT2D eigenvalue weighted by Crippen LogP contribution is -2.13. The molecule has 1 aromatic heterocycles. The van der Waals surface area contributed by atoms with E-state index in [4.69, 9.17) is 9.11 Å². The third-order valence-corrected chi connectivity index (χ3v) is 4.80. The first kappa shape index (κ1) is 21.9. The maximum atomic E-state index is 13.4. The first-order valence-corrected chi connectivity index (χ1v) is 11.1. The van der Waals surface area contributed by atoms with Gasteiger partial charge in [-0.1, -0.05) is 19.9 Å². The Morgan fingerprint density at radius 2 is 1.47 bits per heavy atom. The van der Waals surface area contributed by atoms with E-state index in [1.54, 1.807) is 19.9 Å². The van der Waals surface area contributed by atoms with E-state index in [0.29, 0.717) is 10.9 Å². The summed E-state index contributed by atoms with van der Waals surface area (Å²) in [5.74, 6) is -1.81. The molecule has 0 saturated heterocycles. The third-order valence-electron chi connectivity index (χ3n) is 4.02. The molecule has 2 N–H and O–H groups in total. The fourth-order valence-electron chi connectivity index (χ4n) is 2.94. The van der Waals surface area contributed by atoms with Crippen molar-refractivity contribution in [2.45, 2.75) is 19.8 Å². The van der Waals surface area contributed by atoms with Crippen LogP contribution in [0, 0.1) is 5.82 Å². The highest BCUT2D eigenvalue weighted by molar-refractivity contribution is 7.81. The summed E-state index contributed by atoms with van der Waals surface area (Å²) in [6, 6.07) is 9.40. The van der Waals surface area contributed by atoms with Gasteiger partial charge in [0.15, 0.2) is 11.5 Å². The van der Waals surface area contributed by atoms with Crippen LogP contribution in [0.2, 0.25) is 0 Å². The average Bonchev–Trinajstić information content (AvgIpc) is 2.57. The van der Waals surface area contributed by atoms with Crippen LogP contribution in [0.25, 0.3) is 22.2 Å². The number of halogens is 1. The van der Waals surface area contributed by atoms with Crippen molar-refractivity contribution in [3.05, 3.63) is 53.8 Å². The number of aromatic nitrogens is 1. The minimum atomic E-state index is -4.96. The highest BCUT2D eigenvalue weighted by atomic mass is 32.3. The smallest absolute Gasteiger partial charge is 0.361 e. The minimum Gasteiger partial charge on any atom is -0.361 e. The Morgan fingerprint density at radius 1 is 0.900 bits per heavy atom. The fourth-order valence-corrected chi connectivity index (χ4v) is 3.67. The average molecular weight is 457 g/mol. The second-order valence-electron chi connectivity index (χ2n) is 6.60. The largest absolute Gasteiger partial charge is 0.446 e. The maximum Gasteiger partial charge on any atom is 0.446 e. The molecular formula is C18H16FNO8S2. The highest BCUT2D eigenvalue weighted by Gasteiger charge is 2.24. The summed E-state index contributed by atoms with van der Waals surface area (Å²) >= 11 is 0. The molecule has 0 radical (unpaired) electrons. The van der Waals surface area contributed by atoms with Gasteiger partial charge in [0, 0.05) is 16.5 Å². The molecule has 0 atom stereocenters. The predicted molar refractivity (Wildman–Crippen MR) is 106 cm³/mol. The Hall–Kier alpha value is -2.80. The van der Waals surface area contributed by atoms with Crippen LogP contribution in [0.15, 0.2) is 42.5 Å². The van der Waals surface area contributed by atoms with Gasteiger partial charge in [0.25, 0.3) is 0 Å². The standard InChI is InChI=1S/C18H16FNO8S2/c1-10(2)18-16(27-29(21,22)23)8-12(9-17(18)28-30(24,25)26)15-5-3-11-7-13(19)4-6-14(11)20-15/h3-10H,1-2H3,(H,21,22,23)(H,24,25,26). The van der Waals surface area contributed by atoms with E-state index in [0.717, 1.165) is 0 Å². The molecule has 9 nitrogen and oxygen atoms in total. The van der Waals surface area contributed by atoms with Crippen molar-refractivity contribution >= 4 is 31.7 Å². The van der Waals surface area contributed by atoms with Gasteiger partial charge in [0.1, 0.15) is 5.82 Å². The van der Waals surface area contributed by atoms with Gasteiger partial charge in [-0.05, 0) is 42.3 Å². The molecule has 30 heavy (non-hydrogen) atoms. The first-order chi connectivity index (χ1) is 13.8. The Morgan fingerprint density at radius 3 is 1.97 bits per heavy atom. The van der Waals surface area contributed by atoms with E-state index >= 15 is 0 Å². The lowest BCUT2D eigenvalue weighted by molar-refractivity contribution is 0.377. The molecule has 160 valence electrons. The summed E-state index contributed by atoms with van der Waals surface area (Å²) in [4.78, 5) is 4.33. The van der Waals surface area contributed by atoms with Crippen molar-refractivity contribution in [2.75, 3.05) is 0 Å². The van der Waals surface area contributed by atoms with Gasteiger partial charge in [-0.25, -0.2) is 9.37 Å². The summed E-state index contributed by atoms with van der Waals surface area (Å²) in [6.07, 6.45) is 0. The van der Waals surface area contributed by atoms with Crippen LogP contribution in [0.5, 0.6) is 11.5 Å². The fraction of sp³-hybridized carbons (Fsp3) is 0.167. The molecule has 0 aliphatic carbocycles. The van der Waals surface area contributed by atoms with Crippen molar-refractivity contribution in [1.82, 2.24) is 4.98 Å². The molecule has 0 aliphatic rings. The van der Waals surface area contributed by atoms with Gasteiger partial charge in [0.2, 0.25) is 0 Å². The number of rotatable bonds is 6. The molecule has 0 amide bonds. The van der Waals surface area contributed by atoms with Crippen LogP contribution in [0.1, 0.15) is 25.3 Å². The van der Waals surface area contributed by atoms with Crippen molar-refractivity contribution in [3.63, 3.8) is 0 Å². The minimum absolute atomic E-state index is 0.0307. The number of benzene rings is 2. The molecule has 0 fully saturated rings. The summed E-state index contributed by atoms with van der Waals surface area (Å²) in [7, 11) is -9.92. The molecular weight excluding hydrogens is 441 g/mol. The number of pyridine rings is 1. The number of hydrogen-bond acceptors (Lipinski definition) is 7. The maximum absolute atomic E-state index is 13.4. The molecule has 0 saturated carbocycles. The molecule has 2 aromatic carbocycles. The van der Waals surface area contributed by atoms with Gasteiger partial charge in [0.05, 0.1) is 11.2 Å². The molecule has 3 aromatic rings. The van der Waals surface area contributed by atoms with Gasteiger partial charge < -0.3 is 8.37 Å². The van der Waals surface area contributed by atoms with Crippen LogP contribution in [0.3, 0.4) is 0 Å². The summed E-state index contributed by atoms with van der Waals surface area (Å²) in [6.45, 7) is 3.18. The Kier molecular flexibility index (Phi) is 5.69. The molecule has 0 unspecified atom stereocenters. The molecule has 12 heteroatoms. The quantitative estimate of drug-likeness (QED) is 0.532. The zero-order chi connectivity index (χ0) is 22.3. The van der Waals surface area contributed by atoms with Gasteiger partial charge >= 0.3 is 20.8 Å². The van der Waals surface area contributed by atoms with E-state index in [1.165, 1.54) is 36.4 Å². The number of hydrogen-bond donors (Lipinski definition) is 2. The number of fused-ring (bicyclic) bond motifs is 1. The van der Waals surface area contributed by atoms with Crippen LogP contribution in [-0.4, -0.2) is 30.9 Å². The van der Waals surface area contributed by atoms with Crippen LogP contribution < -0.4 is 8.37 Å². The summed E-state index contributed by atoms with van der Waals surface area (Å²) in [5.41, 5.74) is 0.779. The van der Waals surface area contributed by atoms with Gasteiger partial charge in [-0.15, -0.1) is 0 Å². The molecule has 0 bridgehead atoms. The Labute approximate surface area is 172 Å². The second-order valence-corrected chi connectivity index (χ2v) is 8.64. The SMILES string of the molecule is CC(C)c1c(OS(=O)(=O)O)cc(-c2ccc3cc(F)ccc3n2)cc1OS(=O)(=O)O. The van der Waals surface area contributed by atoms with Crippen molar-refractivity contribution < 1.29 is 38.7 Å². The van der Waals surface area contributed by atoms with Crippen LogP contribution in [-0.2, 0) is 20.8 Å². The Bertz CT molecular complexity index is 1280. The second kappa shape index (κ2) is 7.80. The summed E-state index contributed by atoms with van der Waals surface area (Å²) < 4.78 is 86.0. The predicted octanol–water partition coefficient (Wildman–Crippen LogP) is 3.53. The van der Waals surface area contributed by atoms with E-state index < -0.39 is 44.0 Å². The van der Waals surface area contributed by atoms with Crippen molar-refractivity contribution in [3.8, 4) is 22.8 Å².